The Kier molecular flexibility index (Phi) is 4.39. The predicted molar refractivity (Wildman–Crippen MR) is 75.5 cm³/mol. The molecule has 0 aromatic carbocycles. The summed E-state index contributed by atoms with van der Waals surface area (Å²) in [4.78, 5) is 11.2. The van der Waals surface area contributed by atoms with E-state index in [1.54, 1.807) is 12.3 Å². The highest BCUT2D eigenvalue weighted by atomic mass is 15.3. The first kappa shape index (κ1) is 13.1. The molecule has 0 amide bonds. The zero-order valence-electron chi connectivity index (χ0n) is 11.5. The van der Waals surface area contributed by atoms with Gasteiger partial charge in [0.25, 0.3) is 0 Å². The summed E-state index contributed by atoms with van der Waals surface area (Å²) in [5, 5.41) is 0. The quantitative estimate of drug-likeness (QED) is 0.870. The Morgan fingerprint density at radius 3 is 2.72 bits per heavy atom. The van der Waals surface area contributed by atoms with E-state index in [0.29, 0.717) is 17.8 Å². The Hall–Kier alpha value is -1.32. The lowest BCUT2D eigenvalue weighted by atomic mass is 10.1. The molecule has 18 heavy (non-hydrogen) atoms. The fraction of sp³-hybridized carbons (Fsp3) is 0.714. The van der Waals surface area contributed by atoms with E-state index in [0.717, 1.165) is 12.5 Å². The van der Waals surface area contributed by atoms with Gasteiger partial charge in [-0.05, 0) is 31.2 Å². The molecule has 0 spiro atoms. The Morgan fingerprint density at radius 1 is 1.39 bits per heavy atom. The molecule has 0 saturated heterocycles. The van der Waals surface area contributed by atoms with Crippen molar-refractivity contribution in [2.75, 3.05) is 17.2 Å². The molecule has 4 heteroatoms. The first-order chi connectivity index (χ1) is 8.66. The summed E-state index contributed by atoms with van der Waals surface area (Å²) >= 11 is 0. The molecule has 1 aliphatic rings. The van der Waals surface area contributed by atoms with Crippen LogP contribution >= 0.6 is 0 Å². The molecule has 0 aliphatic heterocycles. The van der Waals surface area contributed by atoms with Crippen molar-refractivity contribution in [2.45, 2.75) is 52.0 Å². The minimum Gasteiger partial charge on any atom is -0.384 e. The van der Waals surface area contributed by atoms with E-state index >= 15 is 0 Å². The molecule has 2 N–H and O–H groups in total. The fourth-order valence-corrected chi connectivity index (χ4v) is 2.56. The van der Waals surface area contributed by atoms with Crippen LogP contribution < -0.4 is 10.6 Å². The van der Waals surface area contributed by atoms with E-state index in [9.17, 15) is 0 Å². The van der Waals surface area contributed by atoms with Crippen LogP contribution in [0, 0.1) is 5.92 Å². The van der Waals surface area contributed by atoms with Gasteiger partial charge in [-0.25, -0.2) is 4.98 Å². The lowest BCUT2D eigenvalue weighted by molar-refractivity contribution is 0.521. The highest BCUT2D eigenvalue weighted by Gasteiger charge is 2.24. The standard InChI is InChI=1S/C14H24N4/c1-11(2)8-10-18(12-5-3-4-6-12)14-16-9-7-13(15)17-14/h7,9,11-12H,3-6,8,10H2,1-2H3,(H2,15,16,17). The van der Waals surface area contributed by atoms with Crippen LogP contribution in [-0.2, 0) is 0 Å². The van der Waals surface area contributed by atoms with Crippen molar-refractivity contribution >= 4 is 11.8 Å². The van der Waals surface area contributed by atoms with Gasteiger partial charge >= 0.3 is 0 Å². The molecule has 4 nitrogen and oxygen atoms in total. The average Bonchev–Trinajstić information content (AvgIpc) is 2.83. The number of hydrogen-bond acceptors (Lipinski definition) is 4. The van der Waals surface area contributed by atoms with E-state index in [2.05, 4.69) is 28.7 Å². The summed E-state index contributed by atoms with van der Waals surface area (Å²) in [6.07, 6.45) is 8.10. The van der Waals surface area contributed by atoms with Gasteiger partial charge in [0.05, 0.1) is 0 Å². The molecule has 2 rings (SSSR count). The number of aromatic nitrogens is 2. The van der Waals surface area contributed by atoms with Gasteiger partial charge in [0.2, 0.25) is 5.95 Å². The van der Waals surface area contributed by atoms with Crippen LogP contribution in [0.3, 0.4) is 0 Å². The smallest absolute Gasteiger partial charge is 0.227 e. The van der Waals surface area contributed by atoms with Crippen molar-refractivity contribution in [3.63, 3.8) is 0 Å². The van der Waals surface area contributed by atoms with E-state index < -0.39 is 0 Å². The Bertz CT molecular complexity index is 372. The minimum atomic E-state index is 0.563. The molecule has 0 radical (unpaired) electrons. The maximum atomic E-state index is 5.77. The summed E-state index contributed by atoms with van der Waals surface area (Å²) in [6, 6.07) is 2.35. The molecule has 100 valence electrons. The van der Waals surface area contributed by atoms with Gasteiger partial charge in [-0.3, -0.25) is 0 Å². The maximum Gasteiger partial charge on any atom is 0.227 e. The molecule has 0 unspecified atom stereocenters. The first-order valence-electron chi connectivity index (χ1n) is 7.02. The molecule has 0 atom stereocenters. The number of nitrogens with two attached hydrogens (primary N) is 1. The summed E-state index contributed by atoms with van der Waals surface area (Å²) < 4.78 is 0. The Balaban J connectivity index is 2.12. The molecular weight excluding hydrogens is 224 g/mol. The van der Waals surface area contributed by atoms with Crippen LogP contribution in [0.5, 0.6) is 0 Å². The fourth-order valence-electron chi connectivity index (χ4n) is 2.56. The Labute approximate surface area is 110 Å². The molecule has 1 aliphatic carbocycles. The van der Waals surface area contributed by atoms with Crippen molar-refractivity contribution in [2.24, 2.45) is 5.92 Å². The molecule has 1 saturated carbocycles. The van der Waals surface area contributed by atoms with Crippen LogP contribution in [0.25, 0.3) is 0 Å². The SMILES string of the molecule is CC(C)CCN(c1nccc(N)n1)C1CCCC1. The second kappa shape index (κ2) is 6.03. The summed E-state index contributed by atoms with van der Waals surface area (Å²) in [6.45, 7) is 5.55. The third kappa shape index (κ3) is 3.34. The molecule has 1 aromatic heterocycles. The van der Waals surface area contributed by atoms with E-state index in [1.807, 2.05) is 0 Å². The topological polar surface area (TPSA) is 55.0 Å². The third-order valence-corrected chi connectivity index (χ3v) is 3.63. The monoisotopic (exact) mass is 248 g/mol. The zero-order chi connectivity index (χ0) is 13.0. The third-order valence-electron chi connectivity index (χ3n) is 3.63. The second-order valence-corrected chi connectivity index (χ2v) is 5.60. The summed E-state index contributed by atoms with van der Waals surface area (Å²) in [5.41, 5.74) is 5.77. The van der Waals surface area contributed by atoms with Crippen LogP contribution in [0.1, 0.15) is 46.0 Å². The predicted octanol–water partition coefficient (Wildman–Crippen LogP) is 2.85. The van der Waals surface area contributed by atoms with Crippen LogP contribution in [0.4, 0.5) is 11.8 Å². The number of rotatable bonds is 5. The minimum absolute atomic E-state index is 0.563. The number of hydrogen-bond donors (Lipinski definition) is 1. The highest BCUT2D eigenvalue weighted by Crippen LogP contribution is 2.27. The van der Waals surface area contributed by atoms with Crippen LogP contribution in [0.2, 0.25) is 0 Å². The Morgan fingerprint density at radius 2 is 2.11 bits per heavy atom. The summed E-state index contributed by atoms with van der Waals surface area (Å²) in [5.74, 6) is 2.07. The molecular formula is C14H24N4. The number of nitrogens with zero attached hydrogens (tertiary/aromatic N) is 3. The van der Waals surface area contributed by atoms with E-state index in [1.165, 1.54) is 32.1 Å². The van der Waals surface area contributed by atoms with E-state index in [-0.39, 0.29) is 0 Å². The van der Waals surface area contributed by atoms with Gasteiger partial charge < -0.3 is 10.6 Å². The number of anilines is 2. The van der Waals surface area contributed by atoms with Gasteiger partial charge in [-0.2, -0.15) is 4.98 Å². The van der Waals surface area contributed by atoms with E-state index in [4.69, 9.17) is 5.73 Å². The second-order valence-electron chi connectivity index (χ2n) is 5.60. The maximum absolute atomic E-state index is 5.77. The van der Waals surface area contributed by atoms with Gasteiger partial charge in [0.1, 0.15) is 5.82 Å². The van der Waals surface area contributed by atoms with Gasteiger partial charge in [-0.15, -0.1) is 0 Å². The van der Waals surface area contributed by atoms with Crippen LogP contribution in [0.15, 0.2) is 12.3 Å². The molecule has 1 fully saturated rings. The molecule has 1 heterocycles. The lowest BCUT2D eigenvalue weighted by Gasteiger charge is -2.29. The van der Waals surface area contributed by atoms with Crippen molar-refractivity contribution in [3.05, 3.63) is 12.3 Å². The van der Waals surface area contributed by atoms with Crippen molar-refractivity contribution in [1.29, 1.82) is 0 Å². The lowest BCUT2D eigenvalue weighted by Crippen LogP contribution is -2.36. The van der Waals surface area contributed by atoms with Gasteiger partial charge in [0.15, 0.2) is 0 Å². The molecule has 1 aromatic rings. The summed E-state index contributed by atoms with van der Waals surface area (Å²) in [7, 11) is 0. The van der Waals surface area contributed by atoms with Crippen molar-refractivity contribution < 1.29 is 0 Å². The van der Waals surface area contributed by atoms with Crippen molar-refractivity contribution in [1.82, 2.24) is 9.97 Å². The normalized spacial score (nSPS) is 16.4. The highest BCUT2D eigenvalue weighted by molar-refractivity contribution is 5.38. The largest absolute Gasteiger partial charge is 0.384 e. The zero-order valence-corrected chi connectivity index (χ0v) is 11.5. The van der Waals surface area contributed by atoms with Crippen molar-refractivity contribution in [3.8, 4) is 0 Å². The average molecular weight is 248 g/mol. The van der Waals surface area contributed by atoms with Crippen LogP contribution in [-0.4, -0.2) is 22.6 Å². The molecule has 0 bridgehead atoms. The number of nitrogen functional groups attached to an aromatic ring is 1. The first-order valence-corrected chi connectivity index (χ1v) is 7.02. The van der Waals surface area contributed by atoms with Gasteiger partial charge in [-0.1, -0.05) is 26.7 Å². The van der Waals surface area contributed by atoms with Gasteiger partial charge in [0, 0.05) is 18.8 Å².